The molecule has 1 aliphatic rings. The van der Waals surface area contributed by atoms with E-state index in [-0.39, 0.29) is 12.5 Å². The molecule has 0 spiro atoms. The maximum Gasteiger partial charge on any atom is 0.220 e. The second kappa shape index (κ2) is 62.0. The molecule has 0 bridgehead atoms. The summed E-state index contributed by atoms with van der Waals surface area (Å²) >= 11 is 0. The molecular weight excluding hydrogens is 1010 g/mol. The van der Waals surface area contributed by atoms with Gasteiger partial charge in [0.2, 0.25) is 5.91 Å². The number of ether oxygens (including phenoxy) is 2. The maximum absolute atomic E-state index is 13.2. The van der Waals surface area contributed by atoms with Gasteiger partial charge in [0.25, 0.3) is 0 Å². The SMILES string of the molecule is CCCCCCCCCC/C=C\CCCCCCCCCCCCCCCCCCCC(=O)NC(COC1OC(CO)C(O)C(O)C1O)C(O)CCCCCCCCCCCCCCCCCCCCCCCCCCCCCCC. The van der Waals surface area contributed by atoms with Crippen molar-refractivity contribution >= 4 is 5.91 Å². The average molecular weight is 1150 g/mol. The van der Waals surface area contributed by atoms with E-state index in [9.17, 15) is 30.3 Å². The number of aliphatic hydroxyl groups is 5. The molecule has 1 heterocycles. The van der Waals surface area contributed by atoms with Gasteiger partial charge in [-0.3, -0.25) is 4.79 Å². The number of aliphatic hydroxyl groups excluding tert-OH is 5. The van der Waals surface area contributed by atoms with Crippen LogP contribution in [0.3, 0.4) is 0 Å². The lowest BCUT2D eigenvalue weighted by Crippen LogP contribution is -2.60. The quantitative estimate of drug-likeness (QED) is 0.0261. The number of allylic oxidation sites excluding steroid dienone is 2. The summed E-state index contributed by atoms with van der Waals surface area (Å²) in [4.78, 5) is 13.2. The van der Waals surface area contributed by atoms with Crippen molar-refractivity contribution < 1.29 is 39.8 Å². The molecule has 7 unspecified atom stereocenters. The summed E-state index contributed by atoms with van der Waals surface area (Å²) < 4.78 is 11.4. The van der Waals surface area contributed by atoms with Crippen LogP contribution in [0.2, 0.25) is 0 Å². The molecule has 1 amide bonds. The molecule has 9 nitrogen and oxygen atoms in total. The number of unbranched alkanes of at least 4 members (excludes halogenated alkanes) is 53. The first kappa shape index (κ1) is 77.9. The lowest BCUT2D eigenvalue weighted by Gasteiger charge is -2.40. The van der Waals surface area contributed by atoms with Gasteiger partial charge in [-0.25, -0.2) is 0 Å². The third kappa shape index (κ3) is 50.8. The number of carbonyl (C=O) groups is 1. The Morgan fingerprint density at radius 3 is 1.00 bits per heavy atom. The van der Waals surface area contributed by atoms with Gasteiger partial charge in [-0.2, -0.15) is 0 Å². The van der Waals surface area contributed by atoms with E-state index in [1.54, 1.807) is 0 Å². The van der Waals surface area contributed by atoms with Crippen LogP contribution in [0, 0.1) is 0 Å². The Kier molecular flexibility index (Phi) is 59.7. The Hall–Kier alpha value is -1.07. The molecule has 0 aliphatic carbocycles. The minimum Gasteiger partial charge on any atom is -0.394 e. The van der Waals surface area contributed by atoms with E-state index in [2.05, 4.69) is 31.3 Å². The van der Waals surface area contributed by atoms with Crippen molar-refractivity contribution in [3.8, 4) is 0 Å². The van der Waals surface area contributed by atoms with Crippen molar-refractivity contribution in [1.29, 1.82) is 0 Å². The summed E-state index contributed by atoms with van der Waals surface area (Å²) in [5, 5.41) is 55.0. The molecular formula is C72H141NO8. The molecule has 7 atom stereocenters. The van der Waals surface area contributed by atoms with Gasteiger partial charge < -0.3 is 40.3 Å². The topological polar surface area (TPSA) is 149 Å². The zero-order chi connectivity index (χ0) is 58.6. The van der Waals surface area contributed by atoms with Gasteiger partial charge in [-0.1, -0.05) is 353 Å². The summed E-state index contributed by atoms with van der Waals surface area (Å²) in [6, 6.07) is -0.717. The Labute approximate surface area is 503 Å². The zero-order valence-corrected chi connectivity index (χ0v) is 54.1. The molecule has 1 rings (SSSR count). The second-order valence-corrected chi connectivity index (χ2v) is 25.7. The Bertz CT molecular complexity index is 1280. The summed E-state index contributed by atoms with van der Waals surface area (Å²) in [6.45, 7) is 3.90. The van der Waals surface area contributed by atoms with E-state index < -0.39 is 49.5 Å². The van der Waals surface area contributed by atoms with Crippen LogP contribution in [0.15, 0.2) is 12.2 Å². The Morgan fingerprint density at radius 2 is 0.691 bits per heavy atom. The summed E-state index contributed by atoms with van der Waals surface area (Å²) in [5.41, 5.74) is 0. The first-order valence-electron chi connectivity index (χ1n) is 36.4. The van der Waals surface area contributed by atoms with Crippen LogP contribution in [-0.4, -0.2) is 87.5 Å². The van der Waals surface area contributed by atoms with Crippen LogP contribution in [0.1, 0.15) is 386 Å². The molecule has 1 fully saturated rings. The first-order valence-corrected chi connectivity index (χ1v) is 36.4. The minimum absolute atomic E-state index is 0.132. The van der Waals surface area contributed by atoms with Crippen LogP contribution in [0.4, 0.5) is 0 Å². The van der Waals surface area contributed by atoms with Crippen molar-refractivity contribution in [1.82, 2.24) is 5.32 Å². The fourth-order valence-electron chi connectivity index (χ4n) is 12.2. The summed E-state index contributed by atoms with van der Waals surface area (Å²) in [5.74, 6) is -0.135. The predicted octanol–water partition coefficient (Wildman–Crippen LogP) is 19.9. The maximum atomic E-state index is 13.2. The van der Waals surface area contributed by atoms with Crippen LogP contribution in [-0.2, 0) is 14.3 Å². The molecule has 1 saturated heterocycles. The standard InChI is InChI=1S/C72H141NO8/c1-3-5-7-9-11-13-15-17-19-21-23-25-27-29-31-33-35-37-39-41-43-45-47-49-51-53-55-57-59-61-66(75)65(64-80-72-71(79)70(78)69(77)67(63-74)81-72)73-68(76)62-60-58-56-54-52-50-48-46-44-42-40-38-36-34-32-30-28-26-24-22-20-18-16-14-12-10-8-6-4-2/h22,24,65-67,69-72,74-75,77-79H,3-21,23,25-64H2,1-2H3,(H,73,76)/b24-22-. The number of nitrogens with one attached hydrogen (secondary N) is 1. The molecule has 9 heteroatoms. The van der Waals surface area contributed by atoms with E-state index >= 15 is 0 Å². The predicted molar refractivity (Wildman–Crippen MR) is 346 cm³/mol. The molecule has 1 aliphatic heterocycles. The monoisotopic (exact) mass is 1150 g/mol. The van der Waals surface area contributed by atoms with E-state index in [0.29, 0.717) is 12.8 Å². The van der Waals surface area contributed by atoms with Gasteiger partial charge in [0.05, 0.1) is 25.4 Å². The second-order valence-electron chi connectivity index (χ2n) is 25.7. The Balaban J connectivity index is 2.09. The number of hydrogen-bond donors (Lipinski definition) is 6. The zero-order valence-electron chi connectivity index (χ0n) is 54.1. The molecule has 0 radical (unpaired) electrons. The fourth-order valence-corrected chi connectivity index (χ4v) is 12.2. The van der Waals surface area contributed by atoms with Crippen molar-refractivity contribution in [2.75, 3.05) is 13.2 Å². The van der Waals surface area contributed by atoms with Crippen molar-refractivity contribution in [2.45, 2.75) is 429 Å². The van der Waals surface area contributed by atoms with Gasteiger partial charge in [-0.05, 0) is 38.5 Å². The van der Waals surface area contributed by atoms with Crippen LogP contribution in [0.5, 0.6) is 0 Å². The molecule has 0 saturated carbocycles. The summed E-state index contributed by atoms with van der Waals surface area (Å²) in [7, 11) is 0. The third-order valence-electron chi connectivity index (χ3n) is 17.9. The third-order valence-corrected chi connectivity index (χ3v) is 17.9. The highest BCUT2D eigenvalue weighted by Gasteiger charge is 2.44. The molecule has 6 N–H and O–H groups in total. The molecule has 81 heavy (non-hydrogen) atoms. The smallest absolute Gasteiger partial charge is 0.220 e. The van der Waals surface area contributed by atoms with Crippen molar-refractivity contribution in [3.05, 3.63) is 12.2 Å². The van der Waals surface area contributed by atoms with E-state index in [0.717, 1.165) is 38.5 Å². The average Bonchev–Trinajstić information content (AvgIpc) is 3.51. The van der Waals surface area contributed by atoms with Crippen LogP contribution in [0.25, 0.3) is 0 Å². The van der Waals surface area contributed by atoms with Gasteiger partial charge in [0, 0.05) is 6.42 Å². The first-order chi connectivity index (χ1) is 39.8. The van der Waals surface area contributed by atoms with Crippen molar-refractivity contribution in [2.24, 2.45) is 0 Å². The van der Waals surface area contributed by atoms with Gasteiger partial charge in [0.15, 0.2) is 6.29 Å². The van der Waals surface area contributed by atoms with Crippen molar-refractivity contribution in [3.63, 3.8) is 0 Å². The highest BCUT2D eigenvalue weighted by Crippen LogP contribution is 2.24. The molecule has 0 aromatic carbocycles. The largest absolute Gasteiger partial charge is 0.394 e. The van der Waals surface area contributed by atoms with Gasteiger partial charge in [0.1, 0.15) is 24.4 Å². The minimum atomic E-state index is -1.55. The summed E-state index contributed by atoms with van der Waals surface area (Å²) in [6.07, 6.45) is 72.9. The van der Waals surface area contributed by atoms with E-state index in [4.69, 9.17) is 9.47 Å². The lowest BCUT2D eigenvalue weighted by molar-refractivity contribution is -0.302. The molecule has 0 aromatic rings. The normalized spacial score (nSPS) is 18.3. The van der Waals surface area contributed by atoms with E-state index in [1.165, 1.54) is 321 Å². The molecule has 0 aromatic heterocycles. The fraction of sp³-hybridized carbons (Fsp3) is 0.958. The van der Waals surface area contributed by atoms with Gasteiger partial charge in [-0.15, -0.1) is 0 Å². The lowest BCUT2D eigenvalue weighted by atomic mass is 9.99. The van der Waals surface area contributed by atoms with Crippen LogP contribution < -0.4 is 5.32 Å². The highest BCUT2D eigenvalue weighted by atomic mass is 16.7. The van der Waals surface area contributed by atoms with E-state index in [1.807, 2.05) is 0 Å². The number of hydrogen-bond acceptors (Lipinski definition) is 8. The number of amides is 1. The number of carbonyl (C=O) groups excluding carboxylic acids is 1. The molecule has 482 valence electrons. The van der Waals surface area contributed by atoms with Crippen LogP contribution >= 0.6 is 0 Å². The highest BCUT2D eigenvalue weighted by molar-refractivity contribution is 5.76. The Morgan fingerprint density at radius 1 is 0.407 bits per heavy atom. The number of rotatable bonds is 65. The van der Waals surface area contributed by atoms with Gasteiger partial charge >= 0.3 is 0 Å².